The summed E-state index contributed by atoms with van der Waals surface area (Å²) >= 11 is 0. The van der Waals surface area contributed by atoms with E-state index in [0.717, 1.165) is 6.07 Å². The van der Waals surface area contributed by atoms with Gasteiger partial charge in [-0.25, -0.2) is 14.2 Å². The number of nitrogens with one attached hydrogen (secondary N) is 2. The molecule has 1 aliphatic rings. The molecule has 1 aromatic heterocycles. The first-order valence-corrected chi connectivity index (χ1v) is 11.9. The Morgan fingerprint density at radius 1 is 0.872 bits per heavy atom. The van der Waals surface area contributed by atoms with Crippen LogP contribution in [0.3, 0.4) is 0 Å². The number of ketones is 1. The SMILES string of the molecule is O=C(Nc1cccc(C(=O)c2ccc3ncc(N4CCOCC4)nc3c2)c1)Nc1ccc(C(F)(F)F)c(F)c1. The lowest BCUT2D eigenvalue weighted by Crippen LogP contribution is -2.36. The van der Waals surface area contributed by atoms with Crippen molar-refractivity contribution in [2.75, 3.05) is 41.8 Å². The number of benzene rings is 3. The zero-order chi connectivity index (χ0) is 27.6. The van der Waals surface area contributed by atoms with Gasteiger partial charge >= 0.3 is 12.2 Å². The standard InChI is InChI=1S/C27H21F4N5O3/c28-21-14-19(5-6-20(21)27(29,30)31)34-26(38)33-18-3-1-2-16(12-18)25(37)17-4-7-22-23(13-17)35-24(15-32-22)36-8-10-39-11-9-36/h1-7,12-15H,8-11H2,(H2,33,34,38). The number of amides is 2. The van der Waals surface area contributed by atoms with Crippen LogP contribution >= 0.6 is 0 Å². The van der Waals surface area contributed by atoms with E-state index in [9.17, 15) is 27.2 Å². The lowest BCUT2D eigenvalue weighted by molar-refractivity contribution is -0.139. The number of carbonyl (C=O) groups is 2. The Kier molecular flexibility index (Phi) is 7.11. The van der Waals surface area contributed by atoms with Crippen LogP contribution in [0.2, 0.25) is 0 Å². The number of anilines is 3. The second-order valence-corrected chi connectivity index (χ2v) is 8.71. The Labute approximate surface area is 219 Å². The molecular formula is C27H21F4N5O3. The number of aromatic nitrogens is 2. The second kappa shape index (κ2) is 10.7. The highest BCUT2D eigenvalue weighted by Crippen LogP contribution is 2.32. The van der Waals surface area contributed by atoms with Crippen molar-refractivity contribution in [1.82, 2.24) is 9.97 Å². The number of hydrogen-bond donors (Lipinski definition) is 2. The maximum absolute atomic E-state index is 13.8. The van der Waals surface area contributed by atoms with Gasteiger partial charge in [-0.15, -0.1) is 0 Å². The van der Waals surface area contributed by atoms with Gasteiger partial charge < -0.3 is 20.3 Å². The fraction of sp³-hybridized carbons (Fsp3) is 0.185. The summed E-state index contributed by atoms with van der Waals surface area (Å²) in [6.45, 7) is 2.59. The van der Waals surface area contributed by atoms with E-state index >= 15 is 0 Å². The molecule has 3 aromatic carbocycles. The molecule has 0 unspecified atom stereocenters. The molecule has 39 heavy (non-hydrogen) atoms. The summed E-state index contributed by atoms with van der Waals surface area (Å²) in [5, 5.41) is 4.76. The number of alkyl halides is 3. The van der Waals surface area contributed by atoms with Crippen molar-refractivity contribution in [2.45, 2.75) is 6.18 Å². The first kappa shape index (κ1) is 26.0. The van der Waals surface area contributed by atoms with Crippen LogP contribution in [0.4, 0.5) is 39.5 Å². The summed E-state index contributed by atoms with van der Waals surface area (Å²) in [7, 11) is 0. The molecule has 1 saturated heterocycles. The average molecular weight is 539 g/mol. The third-order valence-corrected chi connectivity index (χ3v) is 6.04. The average Bonchev–Trinajstić information content (AvgIpc) is 2.92. The van der Waals surface area contributed by atoms with E-state index in [1.807, 2.05) is 0 Å². The molecule has 0 radical (unpaired) electrons. The monoisotopic (exact) mass is 539 g/mol. The number of morpholine rings is 1. The van der Waals surface area contributed by atoms with E-state index in [-0.39, 0.29) is 22.7 Å². The highest BCUT2D eigenvalue weighted by molar-refractivity contribution is 6.11. The van der Waals surface area contributed by atoms with Crippen LogP contribution in [-0.2, 0) is 10.9 Å². The zero-order valence-electron chi connectivity index (χ0n) is 20.3. The molecule has 2 heterocycles. The van der Waals surface area contributed by atoms with Crippen LogP contribution in [0.25, 0.3) is 11.0 Å². The van der Waals surface area contributed by atoms with Gasteiger partial charge in [0.2, 0.25) is 0 Å². The maximum Gasteiger partial charge on any atom is 0.419 e. The van der Waals surface area contributed by atoms with Crippen LogP contribution < -0.4 is 15.5 Å². The Hall–Kier alpha value is -4.58. The molecule has 200 valence electrons. The maximum atomic E-state index is 13.8. The van der Waals surface area contributed by atoms with Gasteiger partial charge in [0, 0.05) is 35.6 Å². The molecule has 12 heteroatoms. The number of hydrogen-bond acceptors (Lipinski definition) is 6. The van der Waals surface area contributed by atoms with E-state index < -0.39 is 23.6 Å². The topological polar surface area (TPSA) is 96.5 Å². The summed E-state index contributed by atoms with van der Waals surface area (Å²) in [5.74, 6) is -1.13. The third kappa shape index (κ3) is 5.96. The molecule has 0 bridgehead atoms. The normalized spacial score (nSPS) is 13.8. The van der Waals surface area contributed by atoms with Crippen molar-refractivity contribution in [1.29, 1.82) is 0 Å². The fourth-order valence-corrected chi connectivity index (χ4v) is 4.11. The summed E-state index contributed by atoms with van der Waals surface area (Å²) in [4.78, 5) is 36.7. The number of ether oxygens (including phenoxy) is 1. The van der Waals surface area contributed by atoms with Gasteiger partial charge in [-0.2, -0.15) is 13.2 Å². The van der Waals surface area contributed by atoms with Crippen LogP contribution in [0.1, 0.15) is 21.5 Å². The molecule has 0 aliphatic carbocycles. The summed E-state index contributed by atoms with van der Waals surface area (Å²) in [6, 6.07) is 12.4. The second-order valence-electron chi connectivity index (χ2n) is 8.71. The van der Waals surface area contributed by atoms with Gasteiger partial charge in [-0.3, -0.25) is 9.78 Å². The Balaban J connectivity index is 1.30. The number of rotatable bonds is 5. The summed E-state index contributed by atoms with van der Waals surface area (Å²) < 4.78 is 57.4. The molecule has 0 spiro atoms. The number of nitrogens with zero attached hydrogens (tertiary/aromatic N) is 3. The van der Waals surface area contributed by atoms with Crippen molar-refractivity contribution >= 4 is 40.0 Å². The van der Waals surface area contributed by atoms with E-state index in [1.54, 1.807) is 36.5 Å². The van der Waals surface area contributed by atoms with Gasteiger partial charge in [0.15, 0.2) is 5.78 Å². The van der Waals surface area contributed by atoms with Crippen LogP contribution in [0.15, 0.2) is 66.9 Å². The minimum absolute atomic E-state index is 0.168. The predicted octanol–water partition coefficient (Wildman–Crippen LogP) is 5.50. The van der Waals surface area contributed by atoms with E-state index in [4.69, 9.17) is 4.74 Å². The summed E-state index contributed by atoms with van der Waals surface area (Å²) in [5.41, 5.74) is 0.497. The van der Waals surface area contributed by atoms with Gasteiger partial charge in [-0.05, 0) is 48.5 Å². The van der Waals surface area contributed by atoms with Gasteiger partial charge in [0.05, 0.1) is 36.0 Å². The van der Waals surface area contributed by atoms with Crippen molar-refractivity contribution in [3.8, 4) is 0 Å². The van der Waals surface area contributed by atoms with Gasteiger partial charge in [-0.1, -0.05) is 12.1 Å². The predicted molar refractivity (Wildman–Crippen MR) is 136 cm³/mol. The molecule has 2 amide bonds. The molecule has 1 fully saturated rings. The van der Waals surface area contributed by atoms with E-state index in [0.29, 0.717) is 60.9 Å². The molecule has 1 aliphatic heterocycles. The zero-order valence-corrected chi connectivity index (χ0v) is 20.3. The minimum atomic E-state index is -4.85. The molecular weight excluding hydrogens is 518 g/mol. The van der Waals surface area contributed by atoms with Gasteiger partial charge in [0.25, 0.3) is 0 Å². The summed E-state index contributed by atoms with van der Waals surface area (Å²) in [6.07, 6.45) is -3.16. The third-order valence-electron chi connectivity index (χ3n) is 6.04. The Morgan fingerprint density at radius 2 is 1.59 bits per heavy atom. The molecule has 0 saturated carbocycles. The highest BCUT2D eigenvalue weighted by atomic mass is 19.4. The smallest absolute Gasteiger partial charge is 0.378 e. The lowest BCUT2D eigenvalue weighted by atomic mass is 10.0. The number of halogens is 4. The first-order chi connectivity index (χ1) is 18.7. The highest BCUT2D eigenvalue weighted by Gasteiger charge is 2.34. The van der Waals surface area contributed by atoms with Crippen molar-refractivity contribution in [3.63, 3.8) is 0 Å². The van der Waals surface area contributed by atoms with E-state index in [2.05, 4.69) is 25.5 Å². The quantitative estimate of drug-likeness (QED) is 0.257. The fourth-order valence-electron chi connectivity index (χ4n) is 4.11. The van der Waals surface area contributed by atoms with Crippen LogP contribution in [0, 0.1) is 5.82 Å². The molecule has 8 nitrogen and oxygen atoms in total. The molecule has 2 N–H and O–H groups in total. The van der Waals surface area contributed by atoms with Crippen molar-refractivity contribution in [2.24, 2.45) is 0 Å². The van der Waals surface area contributed by atoms with E-state index in [1.165, 1.54) is 12.1 Å². The number of carbonyl (C=O) groups excluding carboxylic acids is 2. The Morgan fingerprint density at radius 3 is 2.31 bits per heavy atom. The minimum Gasteiger partial charge on any atom is -0.378 e. The Bertz CT molecular complexity index is 1550. The number of fused-ring (bicyclic) bond motifs is 1. The van der Waals surface area contributed by atoms with Crippen LogP contribution in [0.5, 0.6) is 0 Å². The lowest BCUT2D eigenvalue weighted by Gasteiger charge is -2.27. The molecule has 4 aromatic rings. The first-order valence-electron chi connectivity index (χ1n) is 11.9. The molecule has 0 atom stereocenters. The van der Waals surface area contributed by atoms with Gasteiger partial charge in [0.1, 0.15) is 11.6 Å². The van der Waals surface area contributed by atoms with Crippen molar-refractivity contribution < 1.29 is 31.9 Å². The molecule has 5 rings (SSSR count). The van der Waals surface area contributed by atoms with Crippen LogP contribution in [-0.4, -0.2) is 48.1 Å². The van der Waals surface area contributed by atoms with Crippen molar-refractivity contribution in [3.05, 3.63) is 89.4 Å². The number of urea groups is 1. The largest absolute Gasteiger partial charge is 0.419 e.